The third kappa shape index (κ3) is 5.53. The van der Waals surface area contributed by atoms with Gasteiger partial charge in [-0.1, -0.05) is 218 Å². The number of benzene rings is 11. The van der Waals surface area contributed by atoms with E-state index < -0.39 is 16.1 Å². The third-order valence-electron chi connectivity index (χ3n) is 16.2. The van der Waals surface area contributed by atoms with Crippen LogP contribution in [-0.4, -0.2) is 22.9 Å². The SMILES string of the molecule is Fc1cc2c3c(c1)N(c1ccc4c(c1)[Si](c1ccccc1)(c1ccccc1)c1ccccc1-4)c1ccccc1B3c1ccccc1N2c1ccc2c(c1)[Si](c1ccccc1)(c1ccccc1)c1ccccc1-2. The van der Waals surface area contributed by atoms with Gasteiger partial charge in [-0.3, -0.25) is 0 Å². The van der Waals surface area contributed by atoms with Crippen LogP contribution < -0.4 is 67.7 Å². The molecule has 4 heterocycles. The summed E-state index contributed by atoms with van der Waals surface area (Å²) in [6.45, 7) is -0.128. The van der Waals surface area contributed by atoms with Crippen molar-refractivity contribution in [1.82, 2.24) is 0 Å². The van der Waals surface area contributed by atoms with Gasteiger partial charge in [0.15, 0.2) is 16.1 Å². The normalized spacial score (nSPS) is 14.6. The molecule has 0 amide bonds. The first kappa shape index (κ1) is 41.3. The Morgan fingerprint density at radius 3 is 1.03 bits per heavy atom. The highest BCUT2D eigenvalue weighted by Gasteiger charge is 2.51. The number of para-hydroxylation sites is 2. The molecule has 0 saturated heterocycles. The number of anilines is 6. The smallest absolute Gasteiger partial charge is 0.252 e. The molecule has 0 aliphatic carbocycles. The molecular weight excluding hydrogens is 907 g/mol. The number of halogens is 1. The van der Waals surface area contributed by atoms with Crippen LogP contribution in [0.25, 0.3) is 22.3 Å². The minimum Gasteiger partial charge on any atom is -0.311 e. The van der Waals surface area contributed by atoms with E-state index in [1.165, 1.54) is 74.7 Å². The quantitative estimate of drug-likeness (QED) is 0.154. The fraction of sp³-hybridized carbons (Fsp3) is 0. The summed E-state index contributed by atoms with van der Waals surface area (Å²) < 4.78 is 17.3. The van der Waals surface area contributed by atoms with Gasteiger partial charge in [0, 0.05) is 34.1 Å². The van der Waals surface area contributed by atoms with E-state index >= 15 is 4.39 Å². The molecule has 15 rings (SSSR count). The Hall–Kier alpha value is -8.55. The van der Waals surface area contributed by atoms with E-state index in [0.717, 1.165) is 39.6 Å². The molecule has 0 saturated carbocycles. The molecule has 0 radical (unpaired) electrons. The Labute approximate surface area is 421 Å². The van der Waals surface area contributed by atoms with Crippen LogP contribution in [0.4, 0.5) is 38.5 Å². The Morgan fingerprint density at radius 1 is 0.292 bits per heavy atom. The van der Waals surface area contributed by atoms with E-state index in [1.54, 1.807) is 12.1 Å². The van der Waals surface area contributed by atoms with E-state index in [0.29, 0.717) is 0 Å². The van der Waals surface area contributed by atoms with Crippen LogP contribution in [0.3, 0.4) is 0 Å². The monoisotopic (exact) mass is 950 g/mol. The molecule has 0 aromatic heterocycles. The van der Waals surface area contributed by atoms with Crippen LogP contribution in [0.2, 0.25) is 0 Å². The topological polar surface area (TPSA) is 6.48 Å². The molecule has 4 aliphatic rings. The highest BCUT2D eigenvalue weighted by molar-refractivity contribution is 7.23. The second-order valence-electron chi connectivity index (χ2n) is 19.6. The summed E-state index contributed by atoms with van der Waals surface area (Å²) in [6, 6.07) is 98.1. The van der Waals surface area contributed by atoms with Gasteiger partial charge < -0.3 is 9.80 Å². The van der Waals surface area contributed by atoms with E-state index in [4.69, 9.17) is 0 Å². The van der Waals surface area contributed by atoms with E-state index in [-0.39, 0.29) is 12.5 Å². The van der Waals surface area contributed by atoms with Crippen LogP contribution in [0, 0.1) is 5.82 Å². The van der Waals surface area contributed by atoms with E-state index in [9.17, 15) is 0 Å². The Morgan fingerprint density at radius 2 is 0.625 bits per heavy atom. The molecule has 0 N–H and O–H groups in total. The molecule has 11 aromatic rings. The average molecular weight is 951 g/mol. The lowest BCUT2D eigenvalue weighted by Crippen LogP contribution is -2.72. The van der Waals surface area contributed by atoms with Crippen molar-refractivity contribution in [2.75, 3.05) is 9.80 Å². The minimum atomic E-state index is -2.84. The van der Waals surface area contributed by atoms with Crippen LogP contribution >= 0.6 is 0 Å². The van der Waals surface area contributed by atoms with Crippen molar-refractivity contribution in [3.63, 3.8) is 0 Å². The molecule has 336 valence electrons. The molecule has 0 bridgehead atoms. The molecule has 0 fully saturated rings. The van der Waals surface area contributed by atoms with Gasteiger partial charge >= 0.3 is 0 Å². The summed E-state index contributed by atoms with van der Waals surface area (Å²) in [4.78, 5) is 4.72. The second-order valence-corrected chi connectivity index (χ2v) is 27.1. The number of hydrogen-bond donors (Lipinski definition) is 0. The second kappa shape index (κ2) is 15.7. The van der Waals surface area contributed by atoms with Crippen molar-refractivity contribution < 1.29 is 4.39 Å². The van der Waals surface area contributed by atoms with Crippen molar-refractivity contribution >= 4 is 115 Å². The Kier molecular flexibility index (Phi) is 9.01. The molecule has 0 atom stereocenters. The van der Waals surface area contributed by atoms with Crippen LogP contribution in [0.1, 0.15) is 0 Å². The highest BCUT2D eigenvalue weighted by Crippen LogP contribution is 2.45. The first-order chi connectivity index (χ1) is 35.7. The van der Waals surface area contributed by atoms with Gasteiger partial charge in [0.05, 0.1) is 0 Å². The Bertz CT molecular complexity index is 3650. The summed E-state index contributed by atoms with van der Waals surface area (Å²) in [5.41, 5.74) is 14.5. The average Bonchev–Trinajstić information content (AvgIpc) is 3.91. The minimum absolute atomic E-state index is 0.128. The van der Waals surface area contributed by atoms with Crippen molar-refractivity contribution in [3.8, 4) is 22.3 Å². The number of nitrogens with zero attached hydrogens (tertiary/aromatic N) is 2. The largest absolute Gasteiger partial charge is 0.311 e. The first-order valence-corrected chi connectivity index (χ1v) is 29.0. The van der Waals surface area contributed by atoms with Crippen molar-refractivity contribution in [3.05, 3.63) is 273 Å². The lowest BCUT2D eigenvalue weighted by atomic mass is 9.33. The fourth-order valence-electron chi connectivity index (χ4n) is 13.6. The summed E-state index contributed by atoms with van der Waals surface area (Å²) >= 11 is 0. The maximum absolute atomic E-state index is 17.3. The van der Waals surface area contributed by atoms with Gasteiger partial charge in [0.25, 0.3) is 6.71 Å². The molecule has 6 heteroatoms. The molecule has 0 spiro atoms. The summed E-state index contributed by atoms with van der Waals surface area (Å²) in [6.07, 6.45) is 0. The van der Waals surface area contributed by atoms with E-state index in [1.807, 2.05) is 0 Å². The molecule has 72 heavy (non-hydrogen) atoms. The summed E-state index contributed by atoms with van der Waals surface area (Å²) in [5.74, 6) is -0.270. The summed E-state index contributed by atoms with van der Waals surface area (Å²) in [7, 11) is -5.67. The number of hydrogen-bond acceptors (Lipinski definition) is 2. The molecule has 11 aromatic carbocycles. The third-order valence-corrected chi connectivity index (χ3v) is 26.0. The lowest BCUT2D eigenvalue weighted by Gasteiger charge is -2.44. The van der Waals surface area contributed by atoms with Gasteiger partial charge in [-0.2, -0.15) is 0 Å². The van der Waals surface area contributed by atoms with Crippen molar-refractivity contribution in [2.24, 2.45) is 0 Å². The number of fused-ring (bicyclic) bond motifs is 10. The van der Waals surface area contributed by atoms with Crippen molar-refractivity contribution in [2.45, 2.75) is 0 Å². The Balaban J connectivity index is 0.977. The van der Waals surface area contributed by atoms with Gasteiger partial charge in [0.2, 0.25) is 0 Å². The van der Waals surface area contributed by atoms with E-state index in [2.05, 4.69) is 265 Å². The zero-order valence-corrected chi connectivity index (χ0v) is 41.3. The fourth-order valence-corrected chi connectivity index (χ4v) is 24.0. The van der Waals surface area contributed by atoms with Gasteiger partial charge in [-0.15, -0.1) is 0 Å². The zero-order chi connectivity index (χ0) is 47.5. The highest BCUT2D eigenvalue weighted by atomic mass is 28.3. The number of rotatable bonds is 6. The van der Waals surface area contributed by atoms with Crippen LogP contribution in [0.15, 0.2) is 267 Å². The van der Waals surface area contributed by atoms with Crippen LogP contribution in [0.5, 0.6) is 0 Å². The van der Waals surface area contributed by atoms with Crippen LogP contribution in [-0.2, 0) is 0 Å². The van der Waals surface area contributed by atoms with Gasteiger partial charge in [0.1, 0.15) is 5.82 Å². The van der Waals surface area contributed by atoms with Gasteiger partial charge in [-0.05, 0) is 129 Å². The maximum atomic E-state index is 17.3. The van der Waals surface area contributed by atoms with Gasteiger partial charge in [-0.25, -0.2) is 4.39 Å². The zero-order valence-electron chi connectivity index (χ0n) is 39.3. The molecule has 4 aliphatic heterocycles. The predicted molar refractivity (Wildman–Crippen MR) is 306 cm³/mol. The van der Waals surface area contributed by atoms with Crippen molar-refractivity contribution in [1.29, 1.82) is 0 Å². The lowest BCUT2D eigenvalue weighted by molar-refractivity contribution is 0.628. The molecular formula is C66H44BFN2Si2. The molecule has 2 nitrogen and oxygen atoms in total. The molecule has 0 unspecified atom stereocenters. The maximum Gasteiger partial charge on any atom is 0.252 e. The summed E-state index contributed by atoms with van der Waals surface area (Å²) in [5, 5.41) is 10.9. The first-order valence-electron chi connectivity index (χ1n) is 25.0. The predicted octanol–water partition coefficient (Wildman–Crippen LogP) is 8.62. The standard InChI is InChI=1S/C66H44BFN2Si2/c68-45-41-60-66-61(42-45)70(47-38-40-55-53-30-14-20-36-63(53)72(65(55)44-47,50-25-9-3-10-26-50)51-27-11-4-12-28-51)59-34-18-16-32-57(59)67(66)56-31-15-17-33-58(56)69(60)46-37-39-54-52-29-13-19-35-62(52)71(64(54)43-46,48-21-5-1-6-22-48)49-23-7-2-8-24-49/h1-44H.